The normalized spacial score (nSPS) is 14.1. The van der Waals surface area contributed by atoms with Gasteiger partial charge in [0.1, 0.15) is 0 Å². The van der Waals surface area contributed by atoms with Gasteiger partial charge in [-0.2, -0.15) is 12.6 Å². The number of carbonyl (C=O) groups excluding carboxylic acids is 2. The molecule has 0 spiro atoms. The van der Waals surface area contributed by atoms with Gasteiger partial charge in [-0.25, -0.2) is 0 Å². The molecular weight excluding hydrogens is 546 g/mol. The lowest BCUT2D eigenvalue weighted by Gasteiger charge is -2.14. The zero-order valence-electron chi connectivity index (χ0n) is 23.9. The Bertz CT molecular complexity index is 603. The Morgan fingerprint density at radius 3 is 1.35 bits per heavy atom. The summed E-state index contributed by atoms with van der Waals surface area (Å²) in [7, 11) is 0. The van der Waals surface area contributed by atoms with E-state index in [1.165, 1.54) is 0 Å². The molecule has 0 aromatic carbocycles. The van der Waals surface area contributed by atoms with Crippen LogP contribution in [-0.4, -0.2) is 154 Å². The molecule has 0 radical (unpaired) electrons. The number of nitrogens with zero attached hydrogens (tertiary/aromatic N) is 1. The quantitative estimate of drug-likeness (QED) is 0.0757. The largest absolute Gasteiger partial charge is 0.379 e. The van der Waals surface area contributed by atoms with Gasteiger partial charge < -0.3 is 53.8 Å². The molecule has 0 aromatic heterocycles. The zero-order valence-corrected chi connectivity index (χ0v) is 24.8. The van der Waals surface area contributed by atoms with E-state index in [1.807, 2.05) is 4.90 Å². The van der Waals surface area contributed by atoms with Crippen molar-refractivity contribution in [3.05, 3.63) is 0 Å². The average Bonchev–Trinajstić information content (AvgIpc) is 3.51. The number of ether oxygens (including phenoxy) is 8. The molecule has 2 amide bonds. The number of hydrogen-bond acceptors (Lipinski definition) is 12. The number of nitrogens with one attached hydrogen (secondary N) is 1. The predicted molar refractivity (Wildman–Crippen MR) is 152 cm³/mol. The first-order valence-corrected chi connectivity index (χ1v) is 14.8. The van der Waals surface area contributed by atoms with Crippen molar-refractivity contribution in [3.63, 3.8) is 0 Å². The predicted octanol–water partition coefficient (Wildman–Crippen LogP) is -0.495. The maximum Gasteiger partial charge on any atom is 0.237 e. The van der Waals surface area contributed by atoms with Gasteiger partial charge in [-0.15, -0.1) is 0 Å². The van der Waals surface area contributed by atoms with E-state index < -0.39 is 6.04 Å². The maximum atomic E-state index is 11.9. The number of hydrogen-bond donors (Lipinski definition) is 3. The molecule has 1 saturated heterocycles. The SMILES string of the molecule is NC(CS)C(=O)NCCOCCOCCOCCOCCOCCOCCOCCOCCC(=O)N1CCCC1. The summed E-state index contributed by atoms with van der Waals surface area (Å²) in [5, 5.41) is 2.67. The number of amides is 2. The van der Waals surface area contributed by atoms with Gasteiger partial charge in [0.2, 0.25) is 11.8 Å². The summed E-state index contributed by atoms with van der Waals surface area (Å²) in [6, 6.07) is -0.597. The highest BCUT2D eigenvalue weighted by atomic mass is 32.1. The highest BCUT2D eigenvalue weighted by Gasteiger charge is 2.17. The number of likely N-dealkylation sites (tertiary alicyclic amines) is 1. The fraction of sp³-hybridized carbons (Fsp3) is 0.923. The summed E-state index contributed by atoms with van der Waals surface area (Å²) in [4.78, 5) is 25.2. The third kappa shape index (κ3) is 22.6. The van der Waals surface area contributed by atoms with Crippen molar-refractivity contribution in [2.45, 2.75) is 25.3 Å². The molecule has 1 aliphatic rings. The minimum atomic E-state index is -0.597. The molecule has 0 saturated carbocycles. The second-order valence-corrected chi connectivity index (χ2v) is 9.18. The van der Waals surface area contributed by atoms with E-state index in [0.29, 0.717) is 124 Å². The van der Waals surface area contributed by atoms with E-state index in [-0.39, 0.29) is 11.8 Å². The zero-order chi connectivity index (χ0) is 28.9. The van der Waals surface area contributed by atoms with Gasteiger partial charge in [-0.1, -0.05) is 0 Å². The van der Waals surface area contributed by atoms with E-state index >= 15 is 0 Å². The van der Waals surface area contributed by atoms with E-state index in [2.05, 4.69) is 17.9 Å². The molecule has 3 N–H and O–H groups in total. The van der Waals surface area contributed by atoms with Crippen molar-refractivity contribution in [2.24, 2.45) is 5.73 Å². The van der Waals surface area contributed by atoms with Crippen molar-refractivity contribution in [2.75, 3.05) is 131 Å². The summed E-state index contributed by atoms with van der Waals surface area (Å²) in [6.45, 7) is 9.74. The molecule has 1 unspecified atom stereocenters. The Hall–Kier alpha value is -1.07. The van der Waals surface area contributed by atoms with Crippen molar-refractivity contribution in [1.29, 1.82) is 0 Å². The van der Waals surface area contributed by atoms with Gasteiger partial charge in [0.05, 0.1) is 118 Å². The smallest absolute Gasteiger partial charge is 0.237 e. The third-order valence-corrected chi connectivity index (χ3v) is 6.00. The molecule has 0 aromatic rings. The van der Waals surface area contributed by atoms with E-state index in [0.717, 1.165) is 25.9 Å². The monoisotopic (exact) mass is 597 g/mol. The van der Waals surface area contributed by atoms with Crippen LogP contribution >= 0.6 is 12.6 Å². The van der Waals surface area contributed by atoms with Crippen LogP contribution in [0.25, 0.3) is 0 Å². The van der Waals surface area contributed by atoms with E-state index in [9.17, 15) is 9.59 Å². The van der Waals surface area contributed by atoms with Crippen molar-refractivity contribution < 1.29 is 47.5 Å². The van der Waals surface area contributed by atoms with Gasteiger partial charge in [-0.05, 0) is 12.8 Å². The highest BCUT2D eigenvalue weighted by Crippen LogP contribution is 2.08. The van der Waals surface area contributed by atoms with Gasteiger partial charge in [-0.3, -0.25) is 9.59 Å². The van der Waals surface area contributed by atoms with Crippen LogP contribution in [0.15, 0.2) is 0 Å². The van der Waals surface area contributed by atoms with Crippen molar-refractivity contribution >= 4 is 24.4 Å². The number of rotatable bonds is 29. The standard InChI is InChI=1S/C26H51N3O10S/c27-24(23-40)26(31)28-4-8-33-10-12-35-14-16-37-18-20-39-22-21-38-19-17-36-15-13-34-11-9-32-7-3-25(30)29-5-1-2-6-29/h24,40H,1-23,27H2,(H,28,31). The van der Waals surface area contributed by atoms with Crippen LogP contribution in [0.3, 0.4) is 0 Å². The van der Waals surface area contributed by atoms with Crippen LogP contribution in [-0.2, 0) is 47.5 Å². The Kier molecular flexibility index (Phi) is 25.9. The molecule has 1 aliphatic heterocycles. The Morgan fingerprint density at radius 2 is 0.975 bits per heavy atom. The second kappa shape index (κ2) is 28.1. The fourth-order valence-corrected chi connectivity index (χ4v) is 3.55. The van der Waals surface area contributed by atoms with Crippen LogP contribution in [0.4, 0.5) is 0 Å². The van der Waals surface area contributed by atoms with Crippen LogP contribution in [0.2, 0.25) is 0 Å². The Morgan fingerprint density at radius 1 is 0.625 bits per heavy atom. The molecule has 40 heavy (non-hydrogen) atoms. The third-order valence-electron chi connectivity index (χ3n) is 5.60. The summed E-state index contributed by atoms with van der Waals surface area (Å²) < 4.78 is 43.4. The molecule has 1 atom stereocenters. The molecule has 1 heterocycles. The molecule has 1 fully saturated rings. The van der Waals surface area contributed by atoms with Crippen LogP contribution in [0.5, 0.6) is 0 Å². The number of thiol groups is 1. The lowest BCUT2D eigenvalue weighted by Crippen LogP contribution is -2.43. The van der Waals surface area contributed by atoms with Crippen molar-refractivity contribution in [3.8, 4) is 0 Å². The second-order valence-electron chi connectivity index (χ2n) is 8.82. The molecule has 236 valence electrons. The average molecular weight is 598 g/mol. The first kappa shape index (κ1) is 37.0. The molecule has 13 nitrogen and oxygen atoms in total. The van der Waals surface area contributed by atoms with E-state index in [4.69, 9.17) is 43.6 Å². The van der Waals surface area contributed by atoms with Crippen LogP contribution in [0.1, 0.15) is 19.3 Å². The summed E-state index contributed by atoms with van der Waals surface area (Å²) in [6.07, 6.45) is 2.66. The number of nitrogens with two attached hydrogens (primary N) is 1. The van der Waals surface area contributed by atoms with Crippen LogP contribution < -0.4 is 11.1 Å². The molecule has 1 rings (SSSR count). The molecular formula is C26H51N3O10S. The van der Waals surface area contributed by atoms with Gasteiger partial charge in [0, 0.05) is 25.4 Å². The van der Waals surface area contributed by atoms with Crippen LogP contribution in [0, 0.1) is 0 Å². The minimum absolute atomic E-state index is 0.181. The van der Waals surface area contributed by atoms with Gasteiger partial charge in [0.25, 0.3) is 0 Å². The number of carbonyl (C=O) groups is 2. The summed E-state index contributed by atoms with van der Waals surface area (Å²) in [5.74, 6) is 0.255. The van der Waals surface area contributed by atoms with Gasteiger partial charge >= 0.3 is 0 Å². The van der Waals surface area contributed by atoms with Crippen molar-refractivity contribution in [1.82, 2.24) is 10.2 Å². The first-order valence-electron chi connectivity index (χ1n) is 14.2. The summed E-state index contributed by atoms with van der Waals surface area (Å²) in [5.41, 5.74) is 5.54. The molecule has 0 aliphatic carbocycles. The lowest BCUT2D eigenvalue weighted by atomic mass is 10.3. The minimum Gasteiger partial charge on any atom is -0.379 e. The first-order chi connectivity index (χ1) is 19.6. The topological polar surface area (TPSA) is 149 Å². The maximum absolute atomic E-state index is 11.9. The lowest BCUT2D eigenvalue weighted by molar-refractivity contribution is -0.131. The Labute approximate surface area is 244 Å². The van der Waals surface area contributed by atoms with Gasteiger partial charge in [0.15, 0.2) is 0 Å². The molecule has 14 heteroatoms. The highest BCUT2D eigenvalue weighted by molar-refractivity contribution is 7.80. The Balaban J connectivity index is 1.65. The molecule has 0 bridgehead atoms. The summed E-state index contributed by atoms with van der Waals surface area (Å²) >= 11 is 3.97. The fourth-order valence-electron chi connectivity index (χ4n) is 3.39. The van der Waals surface area contributed by atoms with E-state index in [1.54, 1.807) is 0 Å².